The molecule has 6 nitrogen and oxygen atoms in total. The first-order chi connectivity index (χ1) is 12.0. The minimum atomic E-state index is -0.336. The molecular weight excluding hydrogens is 325 g/mol. The second-order valence-electron chi connectivity index (χ2n) is 6.12. The van der Waals surface area contributed by atoms with Crippen LogP contribution in [0.5, 0.6) is 11.6 Å². The summed E-state index contributed by atoms with van der Waals surface area (Å²) >= 11 is 0. The smallest absolute Gasteiger partial charge is 0.261 e. The van der Waals surface area contributed by atoms with E-state index in [-0.39, 0.29) is 24.4 Å². The zero-order valence-electron chi connectivity index (χ0n) is 14.7. The molecule has 1 fully saturated rings. The lowest BCUT2D eigenvalue weighted by molar-refractivity contribution is -0.134. The van der Waals surface area contributed by atoms with Crippen molar-refractivity contribution in [1.82, 2.24) is 14.7 Å². The van der Waals surface area contributed by atoms with Crippen molar-refractivity contribution in [2.75, 3.05) is 20.3 Å². The van der Waals surface area contributed by atoms with Crippen LogP contribution in [-0.2, 0) is 11.8 Å². The van der Waals surface area contributed by atoms with Gasteiger partial charge in [-0.05, 0) is 44.0 Å². The molecule has 1 aliphatic rings. The number of aryl methyl sites for hydroxylation is 2. The third-order valence-electron chi connectivity index (χ3n) is 4.49. The number of nitrogens with zero attached hydrogens (tertiary/aromatic N) is 3. The number of halogens is 1. The Kier molecular flexibility index (Phi) is 4.92. The van der Waals surface area contributed by atoms with E-state index < -0.39 is 0 Å². The van der Waals surface area contributed by atoms with Crippen molar-refractivity contribution < 1.29 is 18.7 Å². The van der Waals surface area contributed by atoms with Crippen LogP contribution in [0.3, 0.4) is 0 Å². The number of ether oxygens (including phenoxy) is 2. The molecular formula is C18H22FN3O3. The summed E-state index contributed by atoms with van der Waals surface area (Å²) in [6.45, 7) is 2.52. The molecule has 3 rings (SSSR count). The van der Waals surface area contributed by atoms with Gasteiger partial charge in [0.25, 0.3) is 5.91 Å². The van der Waals surface area contributed by atoms with E-state index in [0.29, 0.717) is 18.2 Å². The van der Waals surface area contributed by atoms with Crippen LogP contribution in [0.1, 0.15) is 30.1 Å². The van der Waals surface area contributed by atoms with Gasteiger partial charge in [-0.1, -0.05) is 0 Å². The first-order valence-electron chi connectivity index (χ1n) is 8.26. The lowest BCUT2D eigenvalue weighted by Gasteiger charge is -2.25. The Morgan fingerprint density at radius 1 is 1.36 bits per heavy atom. The molecule has 2 aromatic rings. The van der Waals surface area contributed by atoms with Gasteiger partial charge >= 0.3 is 0 Å². The molecule has 1 atom stereocenters. The third-order valence-corrected chi connectivity index (χ3v) is 4.49. The van der Waals surface area contributed by atoms with Crippen LogP contribution in [0, 0.1) is 12.7 Å². The van der Waals surface area contributed by atoms with Crippen molar-refractivity contribution >= 4 is 5.91 Å². The SMILES string of the molecule is COc1c(C2CCCN2C(=O)COc2ccc(F)cc2)c(C)nn1C. The molecule has 134 valence electrons. The molecule has 1 saturated heterocycles. The molecule has 0 bridgehead atoms. The van der Waals surface area contributed by atoms with Gasteiger partial charge in [-0.3, -0.25) is 4.79 Å². The van der Waals surface area contributed by atoms with Crippen molar-refractivity contribution in [3.05, 3.63) is 41.3 Å². The van der Waals surface area contributed by atoms with Crippen LogP contribution in [0.2, 0.25) is 0 Å². The molecule has 0 aliphatic carbocycles. The number of benzene rings is 1. The van der Waals surface area contributed by atoms with Gasteiger partial charge in [0.05, 0.1) is 24.4 Å². The molecule has 0 saturated carbocycles. The highest BCUT2D eigenvalue weighted by Gasteiger charge is 2.35. The Morgan fingerprint density at radius 2 is 2.08 bits per heavy atom. The Bertz CT molecular complexity index is 758. The van der Waals surface area contributed by atoms with Gasteiger partial charge in [0.15, 0.2) is 6.61 Å². The van der Waals surface area contributed by atoms with Crippen LogP contribution in [-0.4, -0.2) is 40.8 Å². The van der Waals surface area contributed by atoms with Crippen molar-refractivity contribution in [2.24, 2.45) is 7.05 Å². The van der Waals surface area contributed by atoms with Crippen molar-refractivity contribution in [3.8, 4) is 11.6 Å². The minimum Gasteiger partial charge on any atom is -0.484 e. The lowest BCUT2D eigenvalue weighted by atomic mass is 10.1. The second-order valence-corrected chi connectivity index (χ2v) is 6.12. The predicted molar refractivity (Wildman–Crippen MR) is 90.1 cm³/mol. The van der Waals surface area contributed by atoms with Gasteiger partial charge in [-0.15, -0.1) is 0 Å². The van der Waals surface area contributed by atoms with Crippen LogP contribution in [0.25, 0.3) is 0 Å². The normalized spacial score (nSPS) is 17.0. The number of amides is 1. The van der Waals surface area contributed by atoms with Gasteiger partial charge < -0.3 is 14.4 Å². The number of likely N-dealkylation sites (tertiary alicyclic amines) is 1. The summed E-state index contributed by atoms with van der Waals surface area (Å²) in [5.41, 5.74) is 1.82. The Labute approximate surface area is 146 Å². The highest BCUT2D eigenvalue weighted by molar-refractivity contribution is 5.78. The topological polar surface area (TPSA) is 56.6 Å². The van der Waals surface area contributed by atoms with Crippen LogP contribution in [0.4, 0.5) is 4.39 Å². The second kappa shape index (κ2) is 7.13. The third kappa shape index (κ3) is 3.45. The van der Waals surface area contributed by atoms with E-state index >= 15 is 0 Å². The monoisotopic (exact) mass is 347 g/mol. The lowest BCUT2D eigenvalue weighted by Crippen LogP contribution is -2.34. The standard InChI is InChI=1S/C18H22FN3O3/c1-12-17(18(24-3)21(2)20-12)15-5-4-10-22(15)16(23)11-25-14-8-6-13(19)7-9-14/h6-9,15H,4-5,10-11H2,1-3H3. The van der Waals surface area contributed by atoms with Crippen molar-refractivity contribution in [2.45, 2.75) is 25.8 Å². The maximum absolute atomic E-state index is 12.9. The average molecular weight is 347 g/mol. The summed E-state index contributed by atoms with van der Waals surface area (Å²) in [5, 5.41) is 4.41. The predicted octanol–water partition coefficient (Wildman–Crippen LogP) is 2.62. The van der Waals surface area contributed by atoms with E-state index in [2.05, 4.69) is 5.10 Å². The number of hydrogen-bond acceptors (Lipinski definition) is 4. The molecule has 0 radical (unpaired) electrons. The number of methoxy groups -OCH3 is 1. The van der Waals surface area contributed by atoms with Gasteiger partial charge in [-0.2, -0.15) is 5.10 Å². The molecule has 2 heterocycles. The first kappa shape index (κ1) is 17.3. The maximum atomic E-state index is 12.9. The maximum Gasteiger partial charge on any atom is 0.261 e. The van der Waals surface area contributed by atoms with Gasteiger partial charge in [0, 0.05) is 13.6 Å². The molecule has 1 unspecified atom stereocenters. The van der Waals surface area contributed by atoms with Gasteiger partial charge in [0.2, 0.25) is 5.88 Å². The zero-order chi connectivity index (χ0) is 18.0. The molecule has 0 N–H and O–H groups in total. The first-order valence-corrected chi connectivity index (χ1v) is 8.26. The summed E-state index contributed by atoms with van der Waals surface area (Å²) in [5.74, 6) is 0.719. The molecule has 0 spiro atoms. The van der Waals surface area contributed by atoms with E-state index in [9.17, 15) is 9.18 Å². The highest BCUT2D eigenvalue weighted by atomic mass is 19.1. The number of carbonyl (C=O) groups is 1. The average Bonchev–Trinajstić information content (AvgIpc) is 3.17. The zero-order valence-corrected chi connectivity index (χ0v) is 14.7. The summed E-state index contributed by atoms with van der Waals surface area (Å²) in [4.78, 5) is 14.5. The van der Waals surface area contributed by atoms with Crippen LogP contribution < -0.4 is 9.47 Å². The summed E-state index contributed by atoms with van der Waals surface area (Å²) < 4.78 is 25.6. The molecule has 25 heavy (non-hydrogen) atoms. The fourth-order valence-corrected chi connectivity index (χ4v) is 3.40. The Morgan fingerprint density at radius 3 is 2.76 bits per heavy atom. The van der Waals surface area contributed by atoms with Crippen LogP contribution >= 0.6 is 0 Å². The van der Waals surface area contributed by atoms with Crippen molar-refractivity contribution in [3.63, 3.8) is 0 Å². The Hall–Kier alpha value is -2.57. The minimum absolute atomic E-state index is 0.0621. The summed E-state index contributed by atoms with van der Waals surface area (Å²) in [7, 11) is 3.44. The molecule has 1 amide bonds. The fourth-order valence-electron chi connectivity index (χ4n) is 3.40. The molecule has 1 aromatic heterocycles. The fraction of sp³-hybridized carbons (Fsp3) is 0.444. The van der Waals surface area contributed by atoms with E-state index in [0.717, 1.165) is 24.1 Å². The Balaban J connectivity index is 1.73. The molecule has 1 aliphatic heterocycles. The number of rotatable bonds is 5. The van der Waals surface area contributed by atoms with E-state index in [1.165, 1.54) is 24.3 Å². The number of hydrogen-bond donors (Lipinski definition) is 0. The summed E-state index contributed by atoms with van der Waals surface area (Å²) in [6.07, 6.45) is 1.79. The van der Waals surface area contributed by atoms with Gasteiger partial charge in [-0.25, -0.2) is 9.07 Å². The number of carbonyl (C=O) groups excluding carboxylic acids is 1. The van der Waals surface area contributed by atoms with Gasteiger partial charge in [0.1, 0.15) is 11.6 Å². The molecule has 1 aromatic carbocycles. The van der Waals surface area contributed by atoms with Crippen molar-refractivity contribution in [1.29, 1.82) is 0 Å². The van der Waals surface area contributed by atoms with Crippen LogP contribution in [0.15, 0.2) is 24.3 Å². The highest BCUT2D eigenvalue weighted by Crippen LogP contribution is 2.38. The molecule has 7 heteroatoms. The van der Waals surface area contributed by atoms with E-state index in [4.69, 9.17) is 9.47 Å². The van der Waals surface area contributed by atoms with E-state index in [1.54, 1.807) is 11.8 Å². The quantitative estimate of drug-likeness (QED) is 0.834. The van der Waals surface area contributed by atoms with E-state index in [1.807, 2.05) is 18.9 Å². The summed E-state index contributed by atoms with van der Waals surface area (Å²) in [6, 6.07) is 5.58. The number of aromatic nitrogens is 2. The largest absolute Gasteiger partial charge is 0.484 e.